The van der Waals surface area contributed by atoms with Crippen LogP contribution in [0.1, 0.15) is 5.56 Å². The van der Waals surface area contributed by atoms with Crippen LogP contribution in [0.3, 0.4) is 0 Å². The van der Waals surface area contributed by atoms with Crippen molar-refractivity contribution in [3.8, 4) is 5.75 Å². The topological polar surface area (TPSA) is 157 Å². The maximum Gasteiger partial charge on any atom is 0.309 e. The van der Waals surface area contributed by atoms with Gasteiger partial charge in [-0.1, -0.05) is 12.1 Å². The lowest BCUT2D eigenvalue weighted by Gasteiger charge is -2.22. The molecular formula is C20H22N4O8S. The normalized spacial score (nSPS) is 16.2. The molecule has 0 aromatic heterocycles. The third-order valence-electron chi connectivity index (χ3n) is 4.85. The number of rotatable bonds is 8. The number of carbonyl (C=O) groups is 2. The molecule has 1 aliphatic heterocycles. The Bertz CT molecular complexity index is 1120. The molecule has 33 heavy (non-hydrogen) atoms. The van der Waals surface area contributed by atoms with Gasteiger partial charge < -0.3 is 20.1 Å². The zero-order valence-electron chi connectivity index (χ0n) is 17.6. The van der Waals surface area contributed by atoms with Gasteiger partial charge >= 0.3 is 11.8 Å². The Morgan fingerprint density at radius 3 is 2.36 bits per heavy atom. The molecular weight excluding hydrogens is 456 g/mol. The maximum absolute atomic E-state index is 12.9. The van der Waals surface area contributed by atoms with Crippen LogP contribution in [0, 0.1) is 10.1 Å². The molecule has 176 valence electrons. The van der Waals surface area contributed by atoms with E-state index in [0.717, 1.165) is 34.1 Å². The van der Waals surface area contributed by atoms with E-state index >= 15 is 0 Å². The van der Waals surface area contributed by atoms with Crippen molar-refractivity contribution in [2.75, 3.05) is 26.8 Å². The first kappa shape index (κ1) is 24.1. The molecule has 1 aliphatic rings. The summed E-state index contributed by atoms with van der Waals surface area (Å²) in [5.41, 5.74) is 0.521. The first-order chi connectivity index (χ1) is 15.7. The van der Waals surface area contributed by atoms with Crippen LogP contribution in [0.25, 0.3) is 0 Å². The van der Waals surface area contributed by atoms with Crippen LogP contribution in [-0.4, -0.2) is 62.5 Å². The van der Waals surface area contributed by atoms with E-state index in [1.807, 2.05) is 0 Å². The van der Waals surface area contributed by atoms with Gasteiger partial charge in [-0.15, -0.1) is 0 Å². The number of nitro benzene ring substituents is 1. The Labute approximate surface area is 189 Å². The smallest absolute Gasteiger partial charge is 0.309 e. The number of amides is 2. The molecule has 1 saturated heterocycles. The predicted molar refractivity (Wildman–Crippen MR) is 115 cm³/mol. The minimum Gasteiger partial charge on any atom is -0.497 e. The molecule has 0 unspecified atom stereocenters. The van der Waals surface area contributed by atoms with Gasteiger partial charge in [0.1, 0.15) is 12.0 Å². The number of hydrogen-bond donors (Lipinski definition) is 2. The van der Waals surface area contributed by atoms with Gasteiger partial charge in [-0.2, -0.15) is 4.31 Å². The Balaban J connectivity index is 1.55. The summed E-state index contributed by atoms with van der Waals surface area (Å²) in [5.74, 6) is -1.16. The van der Waals surface area contributed by atoms with Crippen LogP contribution in [0.2, 0.25) is 0 Å². The zero-order chi connectivity index (χ0) is 24.0. The SMILES string of the molecule is COc1ccc(CNC(=O)C(=O)NC[C@H]2OCCN2S(=O)(=O)c2ccc([N+](=O)[O-])cc2)cc1. The second kappa shape index (κ2) is 10.4. The fourth-order valence-electron chi connectivity index (χ4n) is 3.08. The number of nitro groups is 1. The van der Waals surface area contributed by atoms with Gasteiger partial charge in [0.15, 0.2) is 0 Å². The number of ether oxygens (including phenoxy) is 2. The predicted octanol–water partition coefficient (Wildman–Crippen LogP) is 0.383. The maximum atomic E-state index is 12.9. The third kappa shape index (κ3) is 5.83. The highest BCUT2D eigenvalue weighted by molar-refractivity contribution is 7.89. The molecule has 12 nitrogen and oxygen atoms in total. The van der Waals surface area contributed by atoms with Crippen LogP contribution in [0.4, 0.5) is 5.69 Å². The van der Waals surface area contributed by atoms with Crippen molar-refractivity contribution in [1.29, 1.82) is 0 Å². The number of sulfonamides is 1. The number of hydrogen-bond acceptors (Lipinski definition) is 8. The summed E-state index contributed by atoms with van der Waals surface area (Å²) < 4.78 is 37.2. The lowest BCUT2D eigenvalue weighted by atomic mass is 10.2. The van der Waals surface area contributed by atoms with Crippen LogP contribution in [-0.2, 0) is 30.9 Å². The minimum absolute atomic E-state index is 0.0313. The van der Waals surface area contributed by atoms with E-state index in [4.69, 9.17) is 9.47 Å². The average Bonchev–Trinajstić information content (AvgIpc) is 3.31. The minimum atomic E-state index is -4.03. The summed E-state index contributed by atoms with van der Waals surface area (Å²) in [6.07, 6.45) is -1.02. The highest BCUT2D eigenvalue weighted by Gasteiger charge is 2.36. The standard InChI is InChI=1S/C20H22N4O8S/c1-31-16-6-2-14(3-7-16)12-21-19(25)20(26)22-13-18-23(10-11-32-18)33(29,30)17-8-4-15(5-9-17)24(27)28/h2-9,18H,10-13H2,1H3,(H,21,25)(H,22,26)/t18-/m1/s1. The molecule has 0 radical (unpaired) electrons. The van der Waals surface area contributed by atoms with Crippen molar-refractivity contribution in [1.82, 2.24) is 14.9 Å². The second-order valence-electron chi connectivity index (χ2n) is 6.93. The molecule has 13 heteroatoms. The van der Waals surface area contributed by atoms with E-state index in [2.05, 4.69) is 10.6 Å². The number of carbonyl (C=O) groups excluding carboxylic acids is 2. The van der Waals surface area contributed by atoms with Gasteiger partial charge in [-0.25, -0.2) is 8.42 Å². The van der Waals surface area contributed by atoms with Crippen molar-refractivity contribution in [2.24, 2.45) is 0 Å². The van der Waals surface area contributed by atoms with Gasteiger partial charge in [0.05, 0.1) is 30.1 Å². The van der Waals surface area contributed by atoms with Gasteiger partial charge in [-0.3, -0.25) is 19.7 Å². The van der Waals surface area contributed by atoms with Crippen LogP contribution in [0.15, 0.2) is 53.4 Å². The van der Waals surface area contributed by atoms with E-state index < -0.39 is 33.0 Å². The van der Waals surface area contributed by atoms with Crippen LogP contribution >= 0.6 is 0 Å². The molecule has 1 atom stereocenters. The molecule has 3 rings (SSSR count). The molecule has 0 aliphatic carbocycles. The van der Waals surface area contributed by atoms with Crippen LogP contribution in [0.5, 0.6) is 5.75 Å². The Kier molecular flexibility index (Phi) is 7.58. The monoisotopic (exact) mass is 478 g/mol. The molecule has 2 amide bonds. The summed E-state index contributed by atoms with van der Waals surface area (Å²) >= 11 is 0. The van der Waals surface area contributed by atoms with Crippen molar-refractivity contribution in [3.05, 3.63) is 64.2 Å². The summed E-state index contributed by atoms with van der Waals surface area (Å²) in [6, 6.07) is 11.4. The second-order valence-corrected chi connectivity index (χ2v) is 8.82. The first-order valence-electron chi connectivity index (χ1n) is 9.79. The van der Waals surface area contributed by atoms with Crippen molar-refractivity contribution in [2.45, 2.75) is 17.7 Å². The number of methoxy groups -OCH3 is 1. The molecule has 2 N–H and O–H groups in total. The highest BCUT2D eigenvalue weighted by atomic mass is 32.2. The molecule has 0 bridgehead atoms. The Morgan fingerprint density at radius 1 is 1.12 bits per heavy atom. The first-order valence-corrected chi connectivity index (χ1v) is 11.2. The largest absolute Gasteiger partial charge is 0.497 e. The van der Waals surface area contributed by atoms with Gasteiger partial charge in [0.25, 0.3) is 5.69 Å². The van der Waals surface area contributed by atoms with E-state index in [0.29, 0.717) is 5.75 Å². The van der Waals surface area contributed by atoms with E-state index in [1.165, 1.54) is 7.11 Å². The van der Waals surface area contributed by atoms with Gasteiger partial charge in [-0.05, 0) is 29.8 Å². The van der Waals surface area contributed by atoms with E-state index in [9.17, 15) is 28.1 Å². The van der Waals surface area contributed by atoms with Gasteiger partial charge in [0.2, 0.25) is 10.0 Å². The summed E-state index contributed by atoms with van der Waals surface area (Å²) in [4.78, 5) is 34.2. The van der Waals surface area contributed by atoms with E-state index in [1.54, 1.807) is 24.3 Å². The molecule has 1 heterocycles. The fraction of sp³-hybridized carbons (Fsp3) is 0.300. The van der Waals surface area contributed by atoms with Gasteiger partial charge in [0, 0.05) is 25.2 Å². The fourth-order valence-corrected chi connectivity index (χ4v) is 4.59. The zero-order valence-corrected chi connectivity index (χ0v) is 18.4. The number of benzene rings is 2. The van der Waals surface area contributed by atoms with Crippen molar-refractivity contribution < 1.29 is 32.4 Å². The summed E-state index contributed by atoms with van der Waals surface area (Å²) in [6.45, 7) is -0.00222. The lowest BCUT2D eigenvalue weighted by molar-refractivity contribution is -0.384. The number of nitrogens with one attached hydrogen (secondary N) is 2. The summed E-state index contributed by atoms with van der Waals surface area (Å²) in [7, 11) is -2.49. The lowest BCUT2D eigenvalue weighted by Crippen LogP contribution is -2.47. The third-order valence-corrected chi connectivity index (χ3v) is 6.76. The Hall–Kier alpha value is -3.55. The number of non-ortho nitro benzene ring substituents is 1. The Morgan fingerprint density at radius 2 is 1.76 bits per heavy atom. The number of nitrogens with zero attached hydrogens (tertiary/aromatic N) is 2. The van der Waals surface area contributed by atoms with Crippen molar-refractivity contribution >= 4 is 27.5 Å². The molecule has 1 fully saturated rings. The molecule has 0 spiro atoms. The average molecular weight is 478 g/mol. The molecule has 2 aromatic carbocycles. The van der Waals surface area contributed by atoms with Crippen molar-refractivity contribution in [3.63, 3.8) is 0 Å². The quantitative estimate of drug-likeness (QED) is 0.313. The highest BCUT2D eigenvalue weighted by Crippen LogP contribution is 2.24. The molecule has 2 aromatic rings. The summed E-state index contributed by atoms with van der Waals surface area (Å²) in [5, 5.41) is 15.6. The van der Waals surface area contributed by atoms with Crippen LogP contribution < -0.4 is 15.4 Å². The molecule has 0 saturated carbocycles. The van der Waals surface area contributed by atoms with E-state index in [-0.39, 0.29) is 36.8 Å².